The Morgan fingerprint density at radius 3 is 2.79 bits per heavy atom. The van der Waals surface area contributed by atoms with E-state index >= 15 is 0 Å². The molecule has 1 aliphatic carbocycles. The average molecular weight is 198 g/mol. The lowest BCUT2D eigenvalue weighted by Gasteiger charge is -2.17. The van der Waals surface area contributed by atoms with Crippen LogP contribution in [0.1, 0.15) is 19.3 Å². The van der Waals surface area contributed by atoms with Crippen LogP contribution in [0.5, 0.6) is 0 Å². The first-order valence-corrected chi connectivity index (χ1v) is 5.27. The van der Waals surface area contributed by atoms with Gasteiger partial charge in [0.2, 0.25) is 5.91 Å². The SMILES string of the molecule is CN1CCC(NC(=O)C2(CO)CC2)C1. The summed E-state index contributed by atoms with van der Waals surface area (Å²) in [6, 6.07) is 0.288. The molecule has 4 heteroatoms. The van der Waals surface area contributed by atoms with E-state index in [1.165, 1.54) is 0 Å². The van der Waals surface area contributed by atoms with Gasteiger partial charge in [-0.1, -0.05) is 0 Å². The zero-order valence-corrected chi connectivity index (χ0v) is 8.62. The summed E-state index contributed by atoms with van der Waals surface area (Å²) in [5.74, 6) is 0.0558. The molecule has 2 rings (SSSR count). The van der Waals surface area contributed by atoms with Gasteiger partial charge in [-0.3, -0.25) is 4.79 Å². The Morgan fingerprint density at radius 1 is 1.64 bits per heavy atom. The molecule has 0 bridgehead atoms. The first-order chi connectivity index (χ1) is 6.66. The van der Waals surface area contributed by atoms with Crippen molar-refractivity contribution < 1.29 is 9.90 Å². The van der Waals surface area contributed by atoms with E-state index in [9.17, 15) is 4.79 Å². The molecule has 0 aromatic heterocycles. The van der Waals surface area contributed by atoms with Gasteiger partial charge in [-0.25, -0.2) is 0 Å². The predicted molar refractivity (Wildman–Crippen MR) is 52.8 cm³/mol. The highest BCUT2D eigenvalue weighted by Gasteiger charge is 2.49. The first-order valence-electron chi connectivity index (χ1n) is 5.27. The first kappa shape index (κ1) is 9.93. The van der Waals surface area contributed by atoms with E-state index < -0.39 is 5.41 Å². The van der Waals surface area contributed by atoms with E-state index in [1.807, 2.05) is 0 Å². The second-order valence-electron chi connectivity index (χ2n) is 4.66. The van der Waals surface area contributed by atoms with Crippen LogP contribution in [0.25, 0.3) is 0 Å². The molecular formula is C10H18N2O2. The van der Waals surface area contributed by atoms with Crippen LogP contribution in [0.3, 0.4) is 0 Å². The minimum absolute atomic E-state index is 0.00138. The molecule has 1 aliphatic heterocycles. The molecule has 80 valence electrons. The molecule has 0 radical (unpaired) electrons. The van der Waals surface area contributed by atoms with Crippen molar-refractivity contribution in [1.29, 1.82) is 0 Å². The van der Waals surface area contributed by atoms with Crippen LogP contribution < -0.4 is 5.32 Å². The quantitative estimate of drug-likeness (QED) is 0.647. The second-order valence-corrected chi connectivity index (χ2v) is 4.66. The third kappa shape index (κ3) is 1.77. The molecule has 0 aromatic carbocycles. The maximum Gasteiger partial charge on any atom is 0.228 e. The monoisotopic (exact) mass is 198 g/mol. The van der Waals surface area contributed by atoms with E-state index in [0.29, 0.717) is 0 Å². The maximum atomic E-state index is 11.7. The number of nitrogens with zero attached hydrogens (tertiary/aromatic N) is 1. The van der Waals surface area contributed by atoms with Crippen molar-refractivity contribution in [3.05, 3.63) is 0 Å². The molecule has 1 atom stereocenters. The van der Waals surface area contributed by atoms with Crippen molar-refractivity contribution in [1.82, 2.24) is 10.2 Å². The standard InChI is InChI=1S/C10H18N2O2/c1-12-5-2-8(6-12)11-9(14)10(7-13)3-4-10/h8,13H,2-7H2,1H3,(H,11,14). The van der Waals surface area contributed by atoms with Gasteiger partial charge >= 0.3 is 0 Å². The summed E-state index contributed by atoms with van der Waals surface area (Å²) in [7, 11) is 2.06. The Balaban J connectivity index is 1.83. The molecule has 4 nitrogen and oxygen atoms in total. The Kier molecular flexibility index (Phi) is 2.49. The van der Waals surface area contributed by atoms with Gasteiger partial charge < -0.3 is 15.3 Å². The molecule has 1 saturated heterocycles. The van der Waals surface area contributed by atoms with Gasteiger partial charge in [-0.15, -0.1) is 0 Å². The fraction of sp³-hybridized carbons (Fsp3) is 0.900. The minimum Gasteiger partial charge on any atom is -0.395 e. The van der Waals surface area contributed by atoms with Gasteiger partial charge in [-0.2, -0.15) is 0 Å². The van der Waals surface area contributed by atoms with Gasteiger partial charge in [0.05, 0.1) is 12.0 Å². The Bertz CT molecular complexity index is 238. The molecule has 0 spiro atoms. The Hall–Kier alpha value is -0.610. The highest BCUT2D eigenvalue weighted by atomic mass is 16.3. The van der Waals surface area contributed by atoms with Crippen molar-refractivity contribution in [2.24, 2.45) is 5.41 Å². The summed E-state index contributed by atoms with van der Waals surface area (Å²) in [6.45, 7) is 1.99. The third-order valence-electron chi connectivity index (χ3n) is 3.36. The highest BCUT2D eigenvalue weighted by molar-refractivity contribution is 5.85. The molecule has 14 heavy (non-hydrogen) atoms. The number of hydrogen-bond acceptors (Lipinski definition) is 3. The van der Waals surface area contributed by atoms with Crippen LogP contribution in [0, 0.1) is 5.41 Å². The molecule has 2 aliphatic rings. The zero-order chi connectivity index (χ0) is 10.2. The number of aliphatic hydroxyl groups is 1. The topological polar surface area (TPSA) is 52.6 Å². The summed E-state index contributed by atoms with van der Waals surface area (Å²) in [6.07, 6.45) is 2.72. The maximum absolute atomic E-state index is 11.7. The summed E-state index contributed by atoms with van der Waals surface area (Å²) in [5.41, 5.74) is -0.416. The van der Waals surface area contributed by atoms with Gasteiger partial charge in [0.25, 0.3) is 0 Å². The number of likely N-dealkylation sites (N-methyl/N-ethyl adjacent to an activating group) is 1. The molecule has 1 saturated carbocycles. The molecule has 2 N–H and O–H groups in total. The van der Waals surface area contributed by atoms with Crippen LogP contribution in [0.4, 0.5) is 0 Å². The summed E-state index contributed by atoms with van der Waals surface area (Å²) in [5, 5.41) is 12.1. The van der Waals surface area contributed by atoms with Crippen molar-refractivity contribution in [2.45, 2.75) is 25.3 Å². The fourth-order valence-corrected chi connectivity index (χ4v) is 2.00. The number of carbonyl (C=O) groups is 1. The summed E-state index contributed by atoms with van der Waals surface area (Å²) >= 11 is 0. The predicted octanol–water partition coefficient (Wildman–Crippen LogP) is -0.421. The minimum atomic E-state index is -0.416. The molecule has 0 aromatic rings. The van der Waals surface area contributed by atoms with E-state index in [-0.39, 0.29) is 18.6 Å². The molecular weight excluding hydrogens is 180 g/mol. The van der Waals surface area contributed by atoms with Crippen LogP contribution in [-0.2, 0) is 4.79 Å². The second kappa shape index (κ2) is 3.51. The summed E-state index contributed by atoms with van der Waals surface area (Å²) in [4.78, 5) is 13.9. The molecule has 1 heterocycles. The van der Waals surface area contributed by atoms with E-state index in [2.05, 4.69) is 17.3 Å². The number of aliphatic hydroxyl groups excluding tert-OH is 1. The number of rotatable bonds is 3. The number of amides is 1. The van der Waals surface area contributed by atoms with E-state index in [1.54, 1.807) is 0 Å². The van der Waals surface area contributed by atoms with E-state index in [4.69, 9.17) is 5.11 Å². The normalized spacial score (nSPS) is 30.3. The van der Waals surface area contributed by atoms with Crippen LogP contribution in [0.2, 0.25) is 0 Å². The zero-order valence-electron chi connectivity index (χ0n) is 8.62. The molecule has 1 amide bonds. The van der Waals surface area contributed by atoms with E-state index in [0.717, 1.165) is 32.4 Å². The van der Waals surface area contributed by atoms with Gasteiger partial charge in [-0.05, 0) is 32.9 Å². The highest BCUT2D eigenvalue weighted by Crippen LogP contribution is 2.45. The van der Waals surface area contributed by atoms with Gasteiger partial charge in [0, 0.05) is 12.6 Å². The smallest absolute Gasteiger partial charge is 0.228 e. The Labute approximate surface area is 84.3 Å². The lowest BCUT2D eigenvalue weighted by Crippen LogP contribution is -2.42. The van der Waals surface area contributed by atoms with Crippen LogP contribution >= 0.6 is 0 Å². The Morgan fingerprint density at radius 2 is 2.36 bits per heavy atom. The van der Waals surface area contributed by atoms with Crippen molar-refractivity contribution >= 4 is 5.91 Å². The number of hydrogen-bond donors (Lipinski definition) is 2. The van der Waals surface area contributed by atoms with Crippen LogP contribution in [-0.4, -0.2) is 48.7 Å². The van der Waals surface area contributed by atoms with Crippen molar-refractivity contribution in [3.63, 3.8) is 0 Å². The number of carbonyl (C=O) groups excluding carboxylic acids is 1. The number of nitrogens with one attached hydrogen (secondary N) is 1. The van der Waals surface area contributed by atoms with Gasteiger partial charge in [0.15, 0.2) is 0 Å². The third-order valence-corrected chi connectivity index (χ3v) is 3.36. The summed E-state index contributed by atoms with van der Waals surface area (Å²) < 4.78 is 0. The van der Waals surface area contributed by atoms with Crippen molar-refractivity contribution in [2.75, 3.05) is 26.7 Å². The molecule has 2 fully saturated rings. The van der Waals surface area contributed by atoms with Gasteiger partial charge in [0.1, 0.15) is 0 Å². The molecule has 1 unspecified atom stereocenters. The largest absolute Gasteiger partial charge is 0.395 e. The van der Waals surface area contributed by atoms with Crippen LogP contribution in [0.15, 0.2) is 0 Å². The van der Waals surface area contributed by atoms with Crippen molar-refractivity contribution in [3.8, 4) is 0 Å². The fourth-order valence-electron chi connectivity index (χ4n) is 2.00. The lowest BCUT2D eigenvalue weighted by molar-refractivity contribution is -0.128. The number of likely N-dealkylation sites (tertiary alicyclic amines) is 1. The lowest BCUT2D eigenvalue weighted by atomic mass is 10.1. The average Bonchev–Trinajstić information content (AvgIpc) is 2.87.